The van der Waals surface area contributed by atoms with Crippen LogP contribution in [0.25, 0.3) is 0 Å². The third-order valence-corrected chi connectivity index (χ3v) is 2.76. The maximum atomic E-state index is 11.8. The second kappa shape index (κ2) is 6.93. The van der Waals surface area contributed by atoms with Gasteiger partial charge in [-0.05, 0) is 13.8 Å². The summed E-state index contributed by atoms with van der Waals surface area (Å²) in [6.07, 6.45) is 0. The molecule has 1 fully saturated rings. The lowest BCUT2D eigenvalue weighted by molar-refractivity contribution is -0.141. The highest BCUT2D eigenvalue weighted by molar-refractivity contribution is 5.89. The molecule has 0 aromatic carbocycles. The standard InChI is InChI=1S/C11H19N3O5/c1-7(9(15)12-8(2)10(16)17)13-11(18)14-3-5-19-6-4-14/h7-8H,3-6H2,1-2H3,(H,12,15)(H,13,18)(H,16,17). The highest BCUT2D eigenvalue weighted by Crippen LogP contribution is 1.98. The zero-order chi connectivity index (χ0) is 14.4. The van der Waals surface area contributed by atoms with Gasteiger partial charge in [0.15, 0.2) is 0 Å². The van der Waals surface area contributed by atoms with Crippen LogP contribution in [0, 0.1) is 0 Å². The van der Waals surface area contributed by atoms with Crippen molar-refractivity contribution in [3.05, 3.63) is 0 Å². The van der Waals surface area contributed by atoms with E-state index in [-0.39, 0.29) is 6.03 Å². The van der Waals surface area contributed by atoms with Crippen molar-refractivity contribution < 1.29 is 24.2 Å². The molecule has 0 spiro atoms. The normalized spacial score (nSPS) is 18.3. The van der Waals surface area contributed by atoms with E-state index in [2.05, 4.69) is 10.6 Å². The summed E-state index contributed by atoms with van der Waals surface area (Å²) in [7, 11) is 0. The minimum Gasteiger partial charge on any atom is -0.480 e. The molecule has 1 rings (SSSR count). The summed E-state index contributed by atoms with van der Waals surface area (Å²) in [6, 6.07) is -2.14. The average molecular weight is 273 g/mol. The Bertz CT molecular complexity index is 354. The van der Waals surface area contributed by atoms with E-state index in [0.717, 1.165) is 0 Å². The molecule has 0 radical (unpaired) electrons. The van der Waals surface area contributed by atoms with E-state index < -0.39 is 24.0 Å². The number of nitrogens with zero attached hydrogens (tertiary/aromatic N) is 1. The van der Waals surface area contributed by atoms with Crippen LogP contribution in [0.3, 0.4) is 0 Å². The number of ether oxygens (including phenoxy) is 1. The molecule has 3 N–H and O–H groups in total. The summed E-state index contributed by atoms with van der Waals surface area (Å²) in [6.45, 7) is 4.77. The number of urea groups is 1. The van der Waals surface area contributed by atoms with Gasteiger partial charge >= 0.3 is 12.0 Å². The van der Waals surface area contributed by atoms with E-state index >= 15 is 0 Å². The molecule has 19 heavy (non-hydrogen) atoms. The van der Waals surface area contributed by atoms with Crippen LogP contribution in [0.2, 0.25) is 0 Å². The van der Waals surface area contributed by atoms with Gasteiger partial charge in [0, 0.05) is 13.1 Å². The zero-order valence-electron chi connectivity index (χ0n) is 11.0. The Hall–Kier alpha value is -1.83. The van der Waals surface area contributed by atoms with E-state index in [9.17, 15) is 14.4 Å². The zero-order valence-corrected chi connectivity index (χ0v) is 11.0. The highest BCUT2D eigenvalue weighted by atomic mass is 16.5. The van der Waals surface area contributed by atoms with Crippen molar-refractivity contribution >= 4 is 17.9 Å². The number of carboxylic acid groups (broad SMARTS) is 1. The third-order valence-electron chi connectivity index (χ3n) is 2.76. The maximum Gasteiger partial charge on any atom is 0.325 e. The molecule has 0 aliphatic carbocycles. The summed E-state index contributed by atoms with van der Waals surface area (Å²) in [4.78, 5) is 35.6. The summed E-state index contributed by atoms with van der Waals surface area (Å²) in [5, 5.41) is 13.5. The van der Waals surface area contributed by atoms with Crippen molar-refractivity contribution in [1.82, 2.24) is 15.5 Å². The molecule has 1 aliphatic heterocycles. The van der Waals surface area contributed by atoms with Gasteiger partial charge in [-0.1, -0.05) is 0 Å². The lowest BCUT2D eigenvalue weighted by Crippen LogP contribution is -2.54. The van der Waals surface area contributed by atoms with Crippen LogP contribution in [0.5, 0.6) is 0 Å². The first-order valence-electron chi connectivity index (χ1n) is 6.08. The van der Waals surface area contributed by atoms with Gasteiger partial charge in [-0.2, -0.15) is 0 Å². The van der Waals surface area contributed by atoms with Crippen molar-refractivity contribution in [3.63, 3.8) is 0 Å². The van der Waals surface area contributed by atoms with Gasteiger partial charge in [0.05, 0.1) is 13.2 Å². The molecule has 1 heterocycles. The van der Waals surface area contributed by atoms with Gasteiger partial charge in [-0.25, -0.2) is 4.79 Å². The number of nitrogens with one attached hydrogen (secondary N) is 2. The Balaban J connectivity index is 2.40. The molecule has 108 valence electrons. The first kappa shape index (κ1) is 15.2. The predicted octanol–water partition coefficient (Wildman–Crippen LogP) is -0.994. The molecule has 1 aliphatic rings. The number of rotatable bonds is 4. The van der Waals surface area contributed by atoms with Crippen LogP contribution in [0.15, 0.2) is 0 Å². The first-order chi connectivity index (χ1) is 8.91. The average Bonchev–Trinajstić information content (AvgIpc) is 2.39. The van der Waals surface area contributed by atoms with Crippen molar-refractivity contribution in [2.45, 2.75) is 25.9 Å². The molecule has 3 amide bonds. The van der Waals surface area contributed by atoms with Crippen molar-refractivity contribution in [1.29, 1.82) is 0 Å². The number of morpholine rings is 1. The monoisotopic (exact) mass is 273 g/mol. The van der Waals surface area contributed by atoms with Gasteiger partial charge < -0.3 is 25.4 Å². The number of carbonyl (C=O) groups is 3. The van der Waals surface area contributed by atoms with Gasteiger partial charge in [0.2, 0.25) is 5.91 Å². The number of amides is 3. The fourth-order valence-corrected chi connectivity index (χ4v) is 1.51. The minimum absolute atomic E-state index is 0.353. The van der Waals surface area contributed by atoms with E-state index in [4.69, 9.17) is 9.84 Å². The Morgan fingerprint density at radius 3 is 2.21 bits per heavy atom. The second-order valence-electron chi connectivity index (χ2n) is 4.34. The maximum absolute atomic E-state index is 11.8. The quantitative estimate of drug-likeness (QED) is 0.609. The Kier molecular flexibility index (Phi) is 5.56. The molecule has 8 nitrogen and oxygen atoms in total. The highest BCUT2D eigenvalue weighted by Gasteiger charge is 2.23. The summed E-state index contributed by atoms with van der Waals surface area (Å²) < 4.78 is 5.12. The molecule has 8 heteroatoms. The molecule has 2 atom stereocenters. The topological polar surface area (TPSA) is 108 Å². The minimum atomic E-state index is -1.12. The van der Waals surface area contributed by atoms with Gasteiger partial charge in [-0.15, -0.1) is 0 Å². The predicted molar refractivity (Wildman–Crippen MR) is 65.6 cm³/mol. The van der Waals surface area contributed by atoms with Crippen LogP contribution in [-0.4, -0.2) is 66.3 Å². The number of aliphatic carboxylic acids is 1. The number of carbonyl (C=O) groups excluding carboxylic acids is 2. The van der Waals surface area contributed by atoms with E-state index in [1.807, 2.05) is 0 Å². The molecule has 1 saturated heterocycles. The fraction of sp³-hybridized carbons (Fsp3) is 0.727. The first-order valence-corrected chi connectivity index (χ1v) is 6.08. The molecular weight excluding hydrogens is 254 g/mol. The molecule has 0 aromatic rings. The van der Waals surface area contributed by atoms with E-state index in [1.165, 1.54) is 13.8 Å². The van der Waals surface area contributed by atoms with Gasteiger partial charge in [0.1, 0.15) is 12.1 Å². The van der Waals surface area contributed by atoms with Crippen LogP contribution in [0.1, 0.15) is 13.8 Å². The number of hydrogen-bond acceptors (Lipinski definition) is 4. The van der Waals surface area contributed by atoms with Crippen LogP contribution in [-0.2, 0) is 14.3 Å². The summed E-state index contributed by atoms with van der Waals surface area (Å²) in [5.41, 5.74) is 0. The Morgan fingerprint density at radius 2 is 1.68 bits per heavy atom. The molecular formula is C11H19N3O5. The van der Waals surface area contributed by atoms with E-state index in [1.54, 1.807) is 4.90 Å². The van der Waals surface area contributed by atoms with Gasteiger partial charge in [0.25, 0.3) is 0 Å². The molecule has 0 bridgehead atoms. The third kappa shape index (κ3) is 4.74. The summed E-state index contributed by atoms with van der Waals surface area (Å²) >= 11 is 0. The van der Waals surface area contributed by atoms with Gasteiger partial charge in [-0.3, -0.25) is 9.59 Å². The Labute approximate surface area is 111 Å². The summed E-state index contributed by atoms with van der Waals surface area (Å²) in [5.74, 6) is -1.66. The molecule has 0 aromatic heterocycles. The lowest BCUT2D eigenvalue weighted by Gasteiger charge is -2.28. The van der Waals surface area contributed by atoms with Crippen molar-refractivity contribution in [2.75, 3.05) is 26.3 Å². The number of hydrogen-bond donors (Lipinski definition) is 3. The second-order valence-corrected chi connectivity index (χ2v) is 4.34. The largest absolute Gasteiger partial charge is 0.480 e. The SMILES string of the molecule is CC(NC(=O)C(C)NC(=O)N1CCOCC1)C(=O)O. The van der Waals surface area contributed by atoms with Crippen molar-refractivity contribution in [2.24, 2.45) is 0 Å². The molecule has 2 unspecified atom stereocenters. The molecule has 0 saturated carbocycles. The van der Waals surface area contributed by atoms with Crippen LogP contribution < -0.4 is 10.6 Å². The Morgan fingerprint density at radius 1 is 1.11 bits per heavy atom. The fourth-order valence-electron chi connectivity index (χ4n) is 1.51. The smallest absolute Gasteiger partial charge is 0.325 e. The van der Waals surface area contributed by atoms with Crippen molar-refractivity contribution in [3.8, 4) is 0 Å². The number of carboxylic acids is 1. The van der Waals surface area contributed by atoms with Crippen LogP contribution in [0.4, 0.5) is 4.79 Å². The van der Waals surface area contributed by atoms with Crippen LogP contribution >= 0.6 is 0 Å². The lowest BCUT2D eigenvalue weighted by atomic mass is 10.2. The van der Waals surface area contributed by atoms with E-state index in [0.29, 0.717) is 26.3 Å².